The third-order valence-corrected chi connectivity index (χ3v) is 4.74. The number of hydrogen-bond acceptors (Lipinski definition) is 6. The Labute approximate surface area is 146 Å². The molecule has 2 heterocycles. The molecule has 3 N–H and O–H groups in total. The molecule has 7 nitrogen and oxygen atoms in total. The van der Waals surface area contributed by atoms with Crippen LogP contribution >= 0.6 is 11.3 Å². The molecule has 3 unspecified atom stereocenters. The van der Waals surface area contributed by atoms with Crippen molar-refractivity contribution in [3.05, 3.63) is 16.6 Å². The van der Waals surface area contributed by atoms with E-state index >= 15 is 0 Å². The number of carbonyl (C=O) groups excluding carboxylic acids is 2. The maximum atomic E-state index is 12.0. The highest BCUT2D eigenvalue weighted by Crippen LogP contribution is 2.08. The van der Waals surface area contributed by atoms with Crippen molar-refractivity contribution in [3.8, 4) is 0 Å². The van der Waals surface area contributed by atoms with Gasteiger partial charge in [-0.15, -0.1) is 11.3 Å². The lowest BCUT2D eigenvalue weighted by atomic mass is 10.1. The maximum Gasteiger partial charge on any atom is 0.407 e. The summed E-state index contributed by atoms with van der Waals surface area (Å²) in [4.78, 5) is 28.6. The zero-order valence-corrected chi connectivity index (χ0v) is 15.0. The molecule has 2 rings (SSSR count). The van der Waals surface area contributed by atoms with E-state index in [0.717, 1.165) is 37.1 Å². The van der Waals surface area contributed by atoms with Gasteiger partial charge in [-0.05, 0) is 46.1 Å². The van der Waals surface area contributed by atoms with Crippen molar-refractivity contribution in [3.63, 3.8) is 0 Å². The van der Waals surface area contributed by atoms with Gasteiger partial charge in [0.1, 0.15) is 6.61 Å². The average molecular weight is 354 g/mol. The van der Waals surface area contributed by atoms with Crippen LogP contribution in [0.2, 0.25) is 0 Å². The summed E-state index contributed by atoms with van der Waals surface area (Å²) < 4.78 is 5.14. The first-order valence-electron chi connectivity index (χ1n) is 8.39. The second-order valence-electron chi connectivity index (χ2n) is 6.23. The molecule has 1 saturated heterocycles. The Bertz CT molecular complexity index is 517. The van der Waals surface area contributed by atoms with E-state index < -0.39 is 6.09 Å². The van der Waals surface area contributed by atoms with Crippen molar-refractivity contribution in [2.75, 3.05) is 6.54 Å². The Morgan fingerprint density at radius 3 is 2.75 bits per heavy atom. The third kappa shape index (κ3) is 6.45. The summed E-state index contributed by atoms with van der Waals surface area (Å²) in [6.07, 6.45) is 4.79. The SMILES string of the molecule is CC(CCC(C)NC(=O)C1CCCN1)NC(=O)OCc1cncs1. The molecule has 0 aliphatic carbocycles. The first-order valence-corrected chi connectivity index (χ1v) is 9.27. The molecule has 0 aromatic carbocycles. The topological polar surface area (TPSA) is 92.4 Å². The molecule has 8 heteroatoms. The van der Waals surface area contributed by atoms with Gasteiger partial charge in [0.15, 0.2) is 0 Å². The van der Waals surface area contributed by atoms with Crippen LogP contribution in [0.4, 0.5) is 4.79 Å². The summed E-state index contributed by atoms with van der Waals surface area (Å²) in [5.41, 5.74) is 1.70. The van der Waals surface area contributed by atoms with Crippen molar-refractivity contribution in [1.82, 2.24) is 20.9 Å². The largest absolute Gasteiger partial charge is 0.444 e. The van der Waals surface area contributed by atoms with E-state index in [-0.39, 0.29) is 30.6 Å². The fourth-order valence-electron chi connectivity index (χ4n) is 2.59. The van der Waals surface area contributed by atoms with Gasteiger partial charge in [-0.2, -0.15) is 0 Å². The molecule has 1 aromatic heterocycles. The standard InChI is InChI=1S/C16H26N4O3S/c1-11(19-15(21)14-4-3-7-18-14)5-6-12(2)20-16(22)23-9-13-8-17-10-24-13/h8,10-12,14,18H,3-7,9H2,1-2H3,(H,19,21)(H,20,22). The molecule has 0 spiro atoms. The molecular formula is C16H26N4O3S. The first-order chi connectivity index (χ1) is 11.5. The minimum absolute atomic E-state index is 0.0112. The Balaban J connectivity index is 1.58. The van der Waals surface area contributed by atoms with Gasteiger partial charge in [-0.3, -0.25) is 9.78 Å². The van der Waals surface area contributed by atoms with Crippen molar-refractivity contribution >= 4 is 23.3 Å². The lowest BCUT2D eigenvalue weighted by Gasteiger charge is -2.19. The smallest absolute Gasteiger partial charge is 0.407 e. The lowest BCUT2D eigenvalue weighted by molar-refractivity contribution is -0.123. The average Bonchev–Trinajstić information content (AvgIpc) is 3.24. The van der Waals surface area contributed by atoms with Crippen molar-refractivity contribution in [1.29, 1.82) is 0 Å². The van der Waals surface area contributed by atoms with Crippen LogP contribution in [0.15, 0.2) is 11.7 Å². The number of amides is 2. The van der Waals surface area contributed by atoms with E-state index in [9.17, 15) is 9.59 Å². The minimum atomic E-state index is -0.428. The number of rotatable bonds is 8. The van der Waals surface area contributed by atoms with Crippen LogP contribution in [0, 0.1) is 0 Å². The summed E-state index contributed by atoms with van der Waals surface area (Å²) in [5.74, 6) is 0.0737. The zero-order valence-electron chi connectivity index (χ0n) is 14.2. The number of carbonyl (C=O) groups is 2. The molecule has 0 bridgehead atoms. The predicted molar refractivity (Wildman–Crippen MR) is 92.8 cm³/mol. The van der Waals surface area contributed by atoms with Gasteiger partial charge in [0.25, 0.3) is 0 Å². The Morgan fingerprint density at radius 1 is 1.38 bits per heavy atom. The first kappa shape index (κ1) is 18.7. The van der Waals surface area contributed by atoms with Crippen molar-refractivity contribution in [2.24, 2.45) is 0 Å². The van der Waals surface area contributed by atoms with E-state index in [1.54, 1.807) is 11.7 Å². The molecule has 0 radical (unpaired) electrons. The van der Waals surface area contributed by atoms with Crippen LogP contribution in [-0.4, -0.2) is 41.7 Å². The zero-order chi connectivity index (χ0) is 17.4. The molecule has 1 aromatic rings. The molecule has 2 amide bonds. The molecule has 134 valence electrons. The van der Waals surface area contributed by atoms with Crippen LogP contribution in [-0.2, 0) is 16.1 Å². The Kier molecular flexibility index (Phi) is 7.45. The summed E-state index contributed by atoms with van der Waals surface area (Å²) in [7, 11) is 0. The molecule has 1 aliphatic rings. The highest BCUT2D eigenvalue weighted by molar-refractivity contribution is 7.09. The van der Waals surface area contributed by atoms with Crippen LogP contribution in [0.25, 0.3) is 0 Å². The van der Waals surface area contributed by atoms with E-state index in [4.69, 9.17) is 4.74 Å². The quantitative estimate of drug-likeness (QED) is 0.662. The van der Waals surface area contributed by atoms with Crippen LogP contribution in [0.5, 0.6) is 0 Å². The second kappa shape index (κ2) is 9.58. The fraction of sp³-hybridized carbons (Fsp3) is 0.688. The van der Waals surface area contributed by atoms with E-state index in [1.807, 2.05) is 13.8 Å². The fourth-order valence-corrected chi connectivity index (χ4v) is 3.09. The second-order valence-corrected chi connectivity index (χ2v) is 7.20. The number of nitrogens with zero attached hydrogens (tertiary/aromatic N) is 1. The third-order valence-electron chi connectivity index (χ3n) is 3.99. The summed E-state index contributed by atoms with van der Waals surface area (Å²) in [5, 5.41) is 9.02. The van der Waals surface area contributed by atoms with E-state index in [1.165, 1.54) is 11.3 Å². The minimum Gasteiger partial charge on any atom is -0.444 e. The van der Waals surface area contributed by atoms with Gasteiger partial charge < -0.3 is 20.7 Å². The van der Waals surface area contributed by atoms with Crippen molar-refractivity contribution in [2.45, 2.75) is 64.3 Å². The highest BCUT2D eigenvalue weighted by Gasteiger charge is 2.23. The van der Waals surface area contributed by atoms with Gasteiger partial charge in [-0.25, -0.2) is 4.79 Å². The predicted octanol–water partition coefficient (Wildman–Crippen LogP) is 1.79. The van der Waals surface area contributed by atoms with Gasteiger partial charge in [0, 0.05) is 18.3 Å². The normalized spacial score (nSPS) is 19.5. The molecule has 1 fully saturated rings. The number of nitrogens with one attached hydrogen (secondary N) is 3. The maximum absolute atomic E-state index is 12.0. The summed E-state index contributed by atoms with van der Waals surface area (Å²) >= 11 is 1.45. The van der Waals surface area contributed by atoms with Gasteiger partial charge in [-0.1, -0.05) is 0 Å². The molecule has 1 aliphatic heterocycles. The number of alkyl carbamates (subject to hydrolysis) is 1. The number of ether oxygens (including phenoxy) is 1. The number of aromatic nitrogens is 1. The molecule has 3 atom stereocenters. The molecule has 0 saturated carbocycles. The summed E-state index contributed by atoms with van der Waals surface area (Å²) in [6.45, 7) is 5.07. The lowest BCUT2D eigenvalue weighted by Crippen LogP contribution is -2.44. The molecular weight excluding hydrogens is 328 g/mol. The van der Waals surface area contributed by atoms with E-state index in [2.05, 4.69) is 20.9 Å². The van der Waals surface area contributed by atoms with Crippen LogP contribution < -0.4 is 16.0 Å². The van der Waals surface area contributed by atoms with Crippen molar-refractivity contribution < 1.29 is 14.3 Å². The van der Waals surface area contributed by atoms with Crippen LogP contribution in [0.1, 0.15) is 44.4 Å². The Hall–Kier alpha value is -1.67. The van der Waals surface area contributed by atoms with Gasteiger partial charge >= 0.3 is 6.09 Å². The van der Waals surface area contributed by atoms with Crippen LogP contribution in [0.3, 0.4) is 0 Å². The Morgan fingerprint density at radius 2 is 2.12 bits per heavy atom. The highest BCUT2D eigenvalue weighted by atomic mass is 32.1. The summed E-state index contributed by atoms with van der Waals surface area (Å²) in [6, 6.07) is 0.0185. The number of thiazole rings is 1. The van der Waals surface area contributed by atoms with Gasteiger partial charge in [0.05, 0.1) is 16.4 Å². The van der Waals surface area contributed by atoms with E-state index in [0.29, 0.717) is 0 Å². The number of hydrogen-bond donors (Lipinski definition) is 3. The monoisotopic (exact) mass is 354 g/mol. The molecule has 24 heavy (non-hydrogen) atoms. The van der Waals surface area contributed by atoms with Gasteiger partial charge in [0.2, 0.25) is 5.91 Å².